The number of benzene rings is 2. The minimum atomic E-state index is -1.03. The summed E-state index contributed by atoms with van der Waals surface area (Å²) in [6.07, 6.45) is 5.96. The van der Waals surface area contributed by atoms with Crippen LogP contribution >= 0.6 is 0 Å². The lowest BCUT2D eigenvalue weighted by atomic mass is 9.95. The van der Waals surface area contributed by atoms with Crippen molar-refractivity contribution >= 4 is 45.3 Å². The van der Waals surface area contributed by atoms with E-state index in [9.17, 15) is 19.2 Å². The molecule has 3 N–H and O–H groups in total. The number of para-hydroxylation sites is 1. The van der Waals surface area contributed by atoms with Crippen molar-refractivity contribution < 1.29 is 19.1 Å². The molecule has 2 aromatic heterocycles. The van der Waals surface area contributed by atoms with Crippen LogP contribution in [0.1, 0.15) is 31.2 Å². The Balaban J connectivity index is 1.35. The van der Waals surface area contributed by atoms with E-state index in [1.807, 2.05) is 30.5 Å². The van der Waals surface area contributed by atoms with Gasteiger partial charge in [-0.05, 0) is 42.7 Å². The second kappa shape index (κ2) is 9.88. The molecule has 10 heteroatoms. The monoisotopic (exact) mass is 501 g/mol. The van der Waals surface area contributed by atoms with E-state index in [2.05, 4.69) is 25.3 Å². The molecule has 0 bridgehead atoms. The minimum Gasteiger partial charge on any atom is -0.468 e. The highest BCUT2D eigenvalue weighted by molar-refractivity contribution is 6.02. The Morgan fingerprint density at radius 2 is 1.89 bits per heavy atom. The number of esters is 1. The molecular formula is C27H27N5O5. The SMILES string of the molecule is COC(=O)Cn1cnc2ccc(NC(=O)C3(NC(=O)Cc4c[nH]c5ccccc45)CCCC3)cc2c1=O. The molecule has 2 amide bonds. The quantitative estimate of drug-likeness (QED) is 0.333. The van der Waals surface area contributed by atoms with E-state index in [0.717, 1.165) is 33.9 Å². The molecule has 37 heavy (non-hydrogen) atoms. The molecule has 0 atom stereocenters. The molecule has 1 aliphatic rings. The van der Waals surface area contributed by atoms with Gasteiger partial charge in [-0.15, -0.1) is 0 Å². The van der Waals surface area contributed by atoms with Crippen molar-refractivity contribution in [2.75, 3.05) is 12.4 Å². The number of amides is 2. The van der Waals surface area contributed by atoms with Crippen LogP contribution in [0.15, 0.2) is 59.8 Å². The van der Waals surface area contributed by atoms with E-state index in [4.69, 9.17) is 0 Å². The van der Waals surface area contributed by atoms with E-state index in [0.29, 0.717) is 24.0 Å². The maximum Gasteiger partial charge on any atom is 0.325 e. The van der Waals surface area contributed by atoms with Crippen LogP contribution in [0, 0.1) is 0 Å². The average Bonchev–Trinajstić information content (AvgIpc) is 3.54. The number of hydrogen-bond acceptors (Lipinski definition) is 6. The fourth-order valence-electron chi connectivity index (χ4n) is 4.95. The van der Waals surface area contributed by atoms with Gasteiger partial charge in [-0.2, -0.15) is 0 Å². The molecule has 1 saturated carbocycles. The normalized spacial score (nSPS) is 14.5. The van der Waals surface area contributed by atoms with Gasteiger partial charge >= 0.3 is 5.97 Å². The van der Waals surface area contributed by atoms with Gasteiger partial charge < -0.3 is 20.4 Å². The zero-order valence-corrected chi connectivity index (χ0v) is 20.4. The molecule has 2 aromatic carbocycles. The van der Waals surface area contributed by atoms with E-state index in [1.54, 1.807) is 12.1 Å². The Morgan fingerprint density at radius 3 is 2.68 bits per heavy atom. The lowest BCUT2D eigenvalue weighted by Crippen LogP contribution is -2.55. The van der Waals surface area contributed by atoms with E-state index < -0.39 is 17.1 Å². The van der Waals surface area contributed by atoms with Gasteiger partial charge in [0.1, 0.15) is 12.1 Å². The van der Waals surface area contributed by atoms with Crippen LogP contribution in [0.2, 0.25) is 0 Å². The molecule has 2 heterocycles. The Labute approximate surface area is 212 Å². The van der Waals surface area contributed by atoms with Crippen molar-refractivity contribution in [2.24, 2.45) is 0 Å². The summed E-state index contributed by atoms with van der Waals surface area (Å²) in [7, 11) is 1.24. The molecule has 4 aromatic rings. The number of H-pyrrole nitrogens is 1. The number of fused-ring (bicyclic) bond motifs is 2. The first kappa shape index (κ1) is 24.2. The van der Waals surface area contributed by atoms with Crippen LogP contribution in [-0.2, 0) is 32.1 Å². The number of nitrogens with zero attached hydrogens (tertiary/aromatic N) is 2. The van der Waals surface area contributed by atoms with Crippen LogP contribution in [0.4, 0.5) is 5.69 Å². The third-order valence-corrected chi connectivity index (χ3v) is 6.91. The first-order valence-electron chi connectivity index (χ1n) is 12.1. The third kappa shape index (κ3) is 4.82. The fraction of sp³-hybridized carbons (Fsp3) is 0.296. The summed E-state index contributed by atoms with van der Waals surface area (Å²) in [6, 6.07) is 12.6. The van der Waals surface area contributed by atoms with E-state index in [-0.39, 0.29) is 30.2 Å². The summed E-state index contributed by atoms with van der Waals surface area (Å²) in [4.78, 5) is 58.4. The smallest absolute Gasteiger partial charge is 0.325 e. The summed E-state index contributed by atoms with van der Waals surface area (Å²) in [6.45, 7) is -0.263. The predicted molar refractivity (Wildman–Crippen MR) is 138 cm³/mol. The van der Waals surface area contributed by atoms with Gasteiger partial charge in [-0.25, -0.2) is 4.98 Å². The van der Waals surface area contributed by atoms with Gasteiger partial charge in [0.2, 0.25) is 11.8 Å². The molecule has 1 fully saturated rings. The molecule has 190 valence electrons. The van der Waals surface area contributed by atoms with Gasteiger partial charge in [-0.3, -0.25) is 23.7 Å². The van der Waals surface area contributed by atoms with Crippen molar-refractivity contribution in [3.05, 3.63) is 70.9 Å². The molecule has 0 saturated heterocycles. The van der Waals surface area contributed by atoms with Crippen molar-refractivity contribution in [1.82, 2.24) is 19.9 Å². The lowest BCUT2D eigenvalue weighted by Gasteiger charge is -2.29. The molecule has 5 rings (SSSR count). The fourth-order valence-corrected chi connectivity index (χ4v) is 4.95. The predicted octanol–water partition coefficient (Wildman–Crippen LogP) is 2.66. The topological polar surface area (TPSA) is 135 Å². The number of ether oxygens (including phenoxy) is 1. The Morgan fingerprint density at radius 1 is 1.11 bits per heavy atom. The summed E-state index contributed by atoms with van der Waals surface area (Å²) < 4.78 is 5.79. The van der Waals surface area contributed by atoms with Crippen LogP contribution in [0.3, 0.4) is 0 Å². The number of aromatic amines is 1. The zero-order chi connectivity index (χ0) is 26.0. The summed E-state index contributed by atoms with van der Waals surface area (Å²) in [5, 5.41) is 7.12. The summed E-state index contributed by atoms with van der Waals surface area (Å²) in [5.74, 6) is -1.12. The lowest BCUT2D eigenvalue weighted by molar-refractivity contribution is -0.141. The number of carbonyl (C=O) groups excluding carboxylic acids is 3. The van der Waals surface area contributed by atoms with E-state index in [1.165, 1.54) is 19.5 Å². The highest BCUT2D eigenvalue weighted by atomic mass is 16.5. The highest BCUT2D eigenvalue weighted by Crippen LogP contribution is 2.31. The molecule has 1 aliphatic carbocycles. The van der Waals surface area contributed by atoms with Gasteiger partial charge in [-0.1, -0.05) is 31.0 Å². The number of hydrogen-bond donors (Lipinski definition) is 3. The number of rotatable bonds is 7. The molecule has 10 nitrogen and oxygen atoms in total. The third-order valence-electron chi connectivity index (χ3n) is 6.91. The van der Waals surface area contributed by atoms with Crippen LogP contribution < -0.4 is 16.2 Å². The zero-order valence-electron chi connectivity index (χ0n) is 20.4. The second-order valence-corrected chi connectivity index (χ2v) is 9.31. The second-order valence-electron chi connectivity index (χ2n) is 9.31. The van der Waals surface area contributed by atoms with Crippen LogP contribution in [0.25, 0.3) is 21.8 Å². The molecule has 0 radical (unpaired) electrons. The number of nitrogens with one attached hydrogen (secondary N) is 3. The molecule has 0 aliphatic heterocycles. The van der Waals surface area contributed by atoms with Crippen molar-refractivity contribution in [2.45, 2.75) is 44.2 Å². The van der Waals surface area contributed by atoms with Crippen molar-refractivity contribution in [3.63, 3.8) is 0 Å². The summed E-state index contributed by atoms with van der Waals surface area (Å²) >= 11 is 0. The van der Waals surface area contributed by atoms with Gasteiger partial charge in [0.25, 0.3) is 5.56 Å². The standard InChI is InChI=1S/C27H27N5O5/c1-37-24(34)15-32-16-29-22-9-8-18(13-20(22)25(32)35)30-26(36)27(10-4-5-11-27)31-23(33)12-17-14-28-21-7-3-2-6-19(17)21/h2-3,6-9,13-14,16,28H,4-5,10-12,15H2,1H3,(H,30,36)(H,31,33). The van der Waals surface area contributed by atoms with Crippen LogP contribution in [-0.4, -0.2) is 45.0 Å². The first-order valence-corrected chi connectivity index (χ1v) is 12.1. The minimum absolute atomic E-state index is 0.153. The van der Waals surface area contributed by atoms with E-state index >= 15 is 0 Å². The molecular weight excluding hydrogens is 474 g/mol. The maximum atomic E-state index is 13.5. The largest absolute Gasteiger partial charge is 0.468 e. The van der Waals surface area contributed by atoms with Gasteiger partial charge in [0.15, 0.2) is 0 Å². The number of aromatic nitrogens is 3. The van der Waals surface area contributed by atoms with Gasteiger partial charge in [0.05, 0.1) is 30.8 Å². The number of anilines is 1. The summed E-state index contributed by atoms with van der Waals surface area (Å²) in [5.41, 5.74) is 1.21. The van der Waals surface area contributed by atoms with Crippen molar-refractivity contribution in [3.8, 4) is 0 Å². The maximum absolute atomic E-state index is 13.5. The molecule has 0 spiro atoms. The number of carbonyl (C=O) groups is 3. The molecule has 0 unspecified atom stereocenters. The Bertz CT molecular complexity index is 1560. The van der Waals surface area contributed by atoms with Crippen LogP contribution in [0.5, 0.6) is 0 Å². The number of methoxy groups -OCH3 is 1. The first-order chi connectivity index (χ1) is 17.9. The Hall–Kier alpha value is -4.47. The van der Waals surface area contributed by atoms with Gasteiger partial charge in [0, 0.05) is 22.8 Å². The highest BCUT2D eigenvalue weighted by Gasteiger charge is 2.42. The average molecular weight is 502 g/mol. The Kier molecular flexibility index (Phi) is 6.47. The van der Waals surface area contributed by atoms with Crippen molar-refractivity contribution in [1.29, 1.82) is 0 Å².